The van der Waals surface area contributed by atoms with E-state index in [0.29, 0.717) is 17.5 Å². The normalized spacial score (nSPS) is 15.1. The van der Waals surface area contributed by atoms with Gasteiger partial charge in [0.1, 0.15) is 11.2 Å². The third kappa shape index (κ3) is 12.3. The predicted molar refractivity (Wildman–Crippen MR) is 524 cm³/mol. The second-order valence-corrected chi connectivity index (χ2v) is 39.2. The summed E-state index contributed by atoms with van der Waals surface area (Å²) in [5, 5.41) is 7.33. The molecule has 8 nitrogen and oxygen atoms in total. The zero-order valence-electron chi connectivity index (χ0n) is 72.1. The van der Waals surface area contributed by atoms with E-state index in [2.05, 4.69) is 350 Å². The molecule has 0 N–H and O–H groups in total. The van der Waals surface area contributed by atoms with Crippen LogP contribution in [0.2, 0.25) is 0 Å². The van der Waals surface area contributed by atoms with E-state index in [4.69, 9.17) is 39.3 Å². The Labute approximate surface area is 736 Å². The molecule has 0 saturated heterocycles. The monoisotopic (exact) mass is 1650 g/mol. The van der Waals surface area contributed by atoms with E-state index in [1.165, 1.54) is 107 Å². The van der Waals surface area contributed by atoms with Gasteiger partial charge in [-0.05, 0) is 185 Å². The summed E-state index contributed by atoms with van der Waals surface area (Å²) < 4.78 is 11.4. The molecule has 125 heavy (non-hydrogen) atoms. The fraction of sp³-hybridized carbons (Fsp3) is 0.157. The van der Waals surface area contributed by atoms with Crippen molar-refractivity contribution in [3.8, 4) is 113 Å². The van der Waals surface area contributed by atoms with Gasteiger partial charge < -0.3 is 4.42 Å². The second kappa shape index (κ2) is 28.9. The summed E-state index contributed by atoms with van der Waals surface area (Å²) >= 11 is 3.66. The van der Waals surface area contributed by atoms with Crippen molar-refractivity contribution in [3.05, 3.63) is 367 Å². The number of fused-ring (bicyclic) bond motifs is 20. The quantitative estimate of drug-likeness (QED) is 0.155. The predicted octanol–water partition coefficient (Wildman–Crippen LogP) is 31.1. The Morgan fingerprint density at radius 1 is 0.200 bits per heavy atom. The van der Waals surface area contributed by atoms with Crippen molar-refractivity contribution >= 4 is 107 Å². The van der Waals surface area contributed by atoms with Crippen LogP contribution in [0, 0.1) is 0 Å². The molecule has 15 aromatic carbocycles. The molecule has 0 saturated carbocycles. The lowest BCUT2D eigenvalue weighted by molar-refractivity contribution is 0.299. The lowest BCUT2D eigenvalue weighted by Gasteiger charge is -2.49. The van der Waals surface area contributed by atoms with Gasteiger partial charge in [0.15, 0.2) is 17.5 Å². The first-order chi connectivity index (χ1) is 60.5. The van der Waals surface area contributed by atoms with E-state index in [1.54, 1.807) is 0 Å². The van der Waals surface area contributed by atoms with E-state index in [-0.39, 0.29) is 32.5 Å². The number of hydrogen-bond acceptors (Lipinski definition) is 10. The number of thiophene rings is 2. The Morgan fingerprint density at radius 2 is 0.552 bits per heavy atom. The molecule has 3 aliphatic carbocycles. The molecule has 0 radical (unpaired) electrons. The average molecular weight is 1650 g/mol. The maximum Gasteiger partial charge on any atom is 0.164 e. The zero-order chi connectivity index (χ0) is 85.2. The van der Waals surface area contributed by atoms with Crippen LogP contribution in [0.3, 0.4) is 0 Å². The van der Waals surface area contributed by atoms with Crippen molar-refractivity contribution in [1.82, 2.24) is 34.9 Å². The highest BCUT2D eigenvalue weighted by Gasteiger charge is 2.50. The Hall–Kier alpha value is -13.8. The molecule has 6 aromatic heterocycles. The van der Waals surface area contributed by atoms with Crippen molar-refractivity contribution in [3.63, 3.8) is 0 Å². The smallest absolute Gasteiger partial charge is 0.164 e. The van der Waals surface area contributed by atoms with Crippen LogP contribution in [0.4, 0.5) is 0 Å². The van der Waals surface area contributed by atoms with Gasteiger partial charge in [-0.3, -0.25) is 0 Å². The highest BCUT2D eigenvalue weighted by Crippen LogP contribution is 2.59. The summed E-state index contributed by atoms with van der Waals surface area (Å²) in [4.78, 5) is 36.4. The van der Waals surface area contributed by atoms with Gasteiger partial charge in [-0.25, -0.2) is 34.9 Å². The van der Waals surface area contributed by atoms with Crippen LogP contribution in [0.25, 0.3) is 197 Å². The number of rotatable bonds is 7. The van der Waals surface area contributed by atoms with Crippen LogP contribution in [-0.4, -0.2) is 34.9 Å². The lowest BCUT2D eigenvalue weighted by atomic mass is 9.54. The van der Waals surface area contributed by atoms with Crippen molar-refractivity contribution < 1.29 is 4.42 Å². The van der Waals surface area contributed by atoms with E-state index < -0.39 is 0 Å². The number of hydrogen-bond donors (Lipinski definition) is 0. The van der Waals surface area contributed by atoms with Gasteiger partial charge in [-0.1, -0.05) is 326 Å². The molecule has 0 atom stereocenters. The van der Waals surface area contributed by atoms with E-state index in [1.807, 2.05) is 89.4 Å². The van der Waals surface area contributed by atoms with Crippen LogP contribution in [0.15, 0.2) is 338 Å². The second-order valence-electron chi connectivity index (χ2n) is 37.1. The molecule has 0 amide bonds. The number of furan rings is 1. The maximum absolute atomic E-state index is 6.26. The molecule has 10 heteroatoms. The molecular formula is C115H91N7OS2. The van der Waals surface area contributed by atoms with Gasteiger partial charge in [0.05, 0.1) is 44.8 Å². The third-order valence-electron chi connectivity index (χ3n) is 29.0. The van der Waals surface area contributed by atoms with Crippen LogP contribution in [-0.2, 0) is 32.5 Å². The van der Waals surface area contributed by atoms with E-state index >= 15 is 0 Å². The summed E-state index contributed by atoms with van der Waals surface area (Å²) in [7, 11) is 0. The van der Waals surface area contributed by atoms with Crippen molar-refractivity contribution in [1.29, 1.82) is 0 Å². The lowest BCUT2D eigenvalue weighted by Crippen LogP contribution is -2.44. The molecule has 0 fully saturated rings. The van der Waals surface area contributed by atoms with Crippen LogP contribution < -0.4 is 0 Å². The number of para-hydroxylation sites is 5. The zero-order valence-corrected chi connectivity index (χ0v) is 73.7. The summed E-state index contributed by atoms with van der Waals surface area (Å²) in [5.41, 5.74) is 31.7. The van der Waals surface area contributed by atoms with Crippen LogP contribution in [0.5, 0.6) is 0 Å². The van der Waals surface area contributed by atoms with E-state index in [0.717, 1.165) is 106 Å². The summed E-state index contributed by atoms with van der Waals surface area (Å²) in [5.74, 6) is 2.08. The van der Waals surface area contributed by atoms with Crippen LogP contribution >= 0.6 is 22.7 Å². The molecule has 24 rings (SSSR count). The van der Waals surface area contributed by atoms with E-state index in [9.17, 15) is 0 Å². The maximum atomic E-state index is 6.26. The number of benzene rings is 15. The average Bonchev–Trinajstić information content (AvgIpc) is 1.75. The topological polar surface area (TPSA) is 103 Å². The Balaban J connectivity index is 0.000000111. The Kier molecular flexibility index (Phi) is 17.9. The fourth-order valence-electron chi connectivity index (χ4n) is 20.1. The SMILES string of the molecule is CC1(C)c2ccccc2-c2ccc(-c3nc4ccccc4nc3-c3ccc4c(c3)oc3ccccc34)cc2C1(C)C.CC1(C)c2ccccc2-c2ccc(-c3nc4ccccc4nc3-c3ccc4c(c3)sc3ccccc34)cc2C1(C)C.CC1(C)c2ccccc2-c2cccc(-c3nc(-c4ccccc4)nc(-c4ccc5sc6ccccc6c5c4)n3)c2C1(C)C. The number of nitrogens with zero attached hydrogens (tertiary/aromatic N) is 7. The van der Waals surface area contributed by atoms with Gasteiger partial charge in [0, 0.05) is 95.5 Å². The minimum atomic E-state index is -0.179. The van der Waals surface area contributed by atoms with Gasteiger partial charge in [0.25, 0.3) is 0 Å². The first kappa shape index (κ1) is 77.3. The van der Waals surface area contributed by atoms with Crippen molar-refractivity contribution in [2.24, 2.45) is 0 Å². The summed E-state index contributed by atoms with van der Waals surface area (Å²) in [6, 6.07) is 119. The molecule has 604 valence electrons. The van der Waals surface area contributed by atoms with Gasteiger partial charge >= 0.3 is 0 Å². The van der Waals surface area contributed by atoms with Crippen molar-refractivity contribution in [2.45, 2.75) is 116 Å². The van der Waals surface area contributed by atoms with Crippen LogP contribution in [0.1, 0.15) is 116 Å². The fourth-order valence-corrected chi connectivity index (χ4v) is 22.3. The molecule has 0 unspecified atom stereocenters. The molecule has 21 aromatic rings. The summed E-state index contributed by atoms with van der Waals surface area (Å²) in [6.07, 6.45) is 0. The van der Waals surface area contributed by atoms with Crippen molar-refractivity contribution in [2.75, 3.05) is 0 Å². The van der Waals surface area contributed by atoms with Gasteiger partial charge in [-0.2, -0.15) is 0 Å². The first-order valence-corrected chi connectivity index (χ1v) is 45.0. The molecular weight excluding hydrogens is 1560 g/mol. The first-order valence-electron chi connectivity index (χ1n) is 43.3. The molecule has 6 heterocycles. The molecule has 0 bridgehead atoms. The summed E-state index contributed by atoms with van der Waals surface area (Å²) in [6.45, 7) is 28.4. The Bertz CT molecular complexity index is 7700. The highest BCUT2D eigenvalue weighted by molar-refractivity contribution is 7.26. The van der Waals surface area contributed by atoms with Gasteiger partial charge in [0.2, 0.25) is 0 Å². The molecule has 0 spiro atoms. The van der Waals surface area contributed by atoms with Gasteiger partial charge in [-0.15, -0.1) is 22.7 Å². The minimum Gasteiger partial charge on any atom is -0.456 e. The highest BCUT2D eigenvalue weighted by atomic mass is 32.1. The third-order valence-corrected chi connectivity index (χ3v) is 31.3. The molecule has 0 aliphatic heterocycles. The minimum absolute atomic E-state index is 0.0284. The molecule has 3 aliphatic rings. The largest absolute Gasteiger partial charge is 0.456 e. The Morgan fingerprint density at radius 3 is 1.10 bits per heavy atom. The standard InChI is InChI=1S/C39H31N3S.C38H30N2O.C38H30N2S/c1-38(2)31-19-10-8-15-26(31)28-17-12-18-29(34(28)39(38,3)4)37-41-35(24-13-6-5-7-14-24)40-36(42-37)25-21-22-33-30(23-25)27-16-9-11-20-32(27)43-33;2*1-37(2)29-13-7-5-11-25(29)26-19-17-23(21-30(26)38(37,3)4)35-36(40-32-15-9-8-14-31(32)39-35)24-18-20-28-27-12-6-10-16-33(27)41-34(28)22-24/h5-23H,1-4H3;2*5-22H,1-4H3. The number of aromatic nitrogens is 7.